The molecule has 1 atom stereocenters. The molecule has 1 aromatic rings. The average Bonchev–Trinajstić information content (AvgIpc) is 2.30. The number of aromatic nitrogens is 1. The van der Waals surface area contributed by atoms with Crippen LogP contribution in [0.4, 0.5) is 0 Å². The van der Waals surface area contributed by atoms with Crippen LogP contribution in [0, 0.1) is 6.92 Å². The van der Waals surface area contributed by atoms with Crippen LogP contribution in [0.15, 0.2) is 12.1 Å². The third-order valence-electron chi connectivity index (χ3n) is 2.52. The van der Waals surface area contributed by atoms with E-state index in [1.807, 2.05) is 0 Å². The maximum Gasteiger partial charge on any atom is 0.356 e. The van der Waals surface area contributed by atoms with Crippen molar-refractivity contribution in [1.82, 2.24) is 10.3 Å². The number of aryl methyl sites for hydroxylation is 1. The molecule has 0 unspecified atom stereocenters. The Labute approximate surface area is 101 Å². The Bertz CT molecular complexity index is 389. The summed E-state index contributed by atoms with van der Waals surface area (Å²) in [4.78, 5) is 14.7. The lowest BCUT2D eigenvalue weighted by molar-refractivity contribution is 0.0593. The maximum atomic E-state index is 10.9. The van der Waals surface area contributed by atoms with E-state index in [0.29, 0.717) is 5.69 Å². The molecule has 1 fully saturated rings. The molecule has 0 bridgehead atoms. The van der Waals surface area contributed by atoms with Crippen molar-refractivity contribution in [1.29, 1.82) is 0 Å². The largest absolute Gasteiger partial charge is 0.506 e. The number of nitrogens with zero attached hydrogens (tertiary/aromatic N) is 1. The van der Waals surface area contributed by atoms with Gasteiger partial charge in [-0.1, -0.05) is 0 Å². The van der Waals surface area contributed by atoms with Gasteiger partial charge < -0.3 is 15.2 Å². The first-order chi connectivity index (χ1) is 8.04. The molecule has 0 aromatic carbocycles. The Morgan fingerprint density at radius 1 is 1.59 bits per heavy atom. The number of methoxy groups -OCH3 is 1. The number of ether oxygens (including phenoxy) is 1. The van der Waals surface area contributed by atoms with Gasteiger partial charge in [0.1, 0.15) is 11.4 Å². The monoisotopic (exact) mass is 238 g/mol. The summed E-state index contributed by atoms with van der Waals surface area (Å²) in [6.07, 6.45) is 1.38. The summed E-state index contributed by atoms with van der Waals surface area (Å²) in [6, 6.07) is 3.64. The highest BCUT2D eigenvalue weighted by molar-refractivity contribution is 5.87. The average molecular weight is 238 g/mol. The van der Waals surface area contributed by atoms with Gasteiger partial charge in [-0.25, -0.2) is 9.78 Å². The summed E-state index contributed by atoms with van der Waals surface area (Å²) in [6.45, 7) is 5.05. The van der Waals surface area contributed by atoms with E-state index < -0.39 is 5.97 Å². The van der Waals surface area contributed by atoms with Crippen LogP contribution in [0.2, 0.25) is 0 Å². The van der Waals surface area contributed by atoms with Crippen molar-refractivity contribution < 1.29 is 14.6 Å². The van der Waals surface area contributed by atoms with Gasteiger partial charge in [0.15, 0.2) is 0 Å². The van der Waals surface area contributed by atoms with E-state index in [1.165, 1.54) is 32.2 Å². The summed E-state index contributed by atoms with van der Waals surface area (Å²) < 4.78 is 4.45. The van der Waals surface area contributed by atoms with Crippen molar-refractivity contribution >= 4 is 5.97 Å². The number of hydrogen-bond donors (Lipinski definition) is 2. The van der Waals surface area contributed by atoms with E-state index in [4.69, 9.17) is 5.11 Å². The standard InChI is InChI=1S/C8H9NO3.C4H9N/c1-5-7(10)4-3-6(9-5)8(11)12-2;1-4-2-3-5-4/h3-4,10H,1-2H3;4-5H,2-3H2,1H3/t;4-/m.1/s1. The summed E-state index contributed by atoms with van der Waals surface area (Å²) >= 11 is 0. The number of hydrogen-bond acceptors (Lipinski definition) is 5. The Hall–Kier alpha value is -1.62. The number of nitrogens with one attached hydrogen (secondary N) is 1. The van der Waals surface area contributed by atoms with Crippen molar-refractivity contribution in [3.8, 4) is 5.75 Å². The number of pyridine rings is 1. The zero-order valence-corrected chi connectivity index (χ0v) is 10.4. The Balaban J connectivity index is 0.000000239. The van der Waals surface area contributed by atoms with Gasteiger partial charge >= 0.3 is 5.97 Å². The van der Waals surface area contributed by atoms with Crippen molar-refractivity contribution in [2.45, 2.75) is 26.3 Å². The molecule has 5 nitrogen and oxygen atoms in total. The van der Waals surface area contributed by atoms with E-state index in [-0.39, 0.29) is 11.4 Å². The van der Waals surface area contributed by atoms with Crippen LogP contribution < -0.4 is 5.32 Å². The lowest BCUT2D eigenvalue weighted by atomic mass is 10.1. The Morgan fingerprint density at radius 2 is 2.18 bits per heavy atom. The second-order valence-corrected chi connectivity index (χ2v) is 3.94. The van der Waals surface area contributed by atoms with Crippen LogP contribution in [0.25, 0.3) is 0 Å². The number of carbonyl (C=O) groups is 1. The molecule has 17 heavy (non-hydrogen) atoms. The molecule has 0 spiro atoms. The van der Waals surface area contributed by atoms with E-state index in [2.05, 4.69) is 22.0 Å². The SMILES string of the molecule is COC(=O)c1ccc(O)c(C)n1.C[C@@H]1CCN1. The summed E-state index contributed by atoms with van der Waals surface area (Å²) in [7, 11) is 1.28. The lowest BCUT2D eigenvalue weighted by Gasteiger charge is -2.22. The quantitative estimate of drug-likeness (QED) is 0.720. The minimum Gasteiger partial charge on any atom is -0.506 e. The molecular weight excluding hydrogens is 220 g/mol. The Kier molecular flexibility index (Phi) is 4.90. The number of rotatable bonds is 1. The fraction of sp³-hybridized carbons (Fsp3) is 0.500. The summed E-state index contributed by atoms with van der Waals surface area (Å²) in [5.74, 6) is -0.430. The van der Waals surface area contributed by atoms with Crippen LogP contribution in [0.3, 0.4) is 0 Å². The molecule has 2 N–H and O–H groups in total. The highest BCUT2D eigenvalue weighted by Crippen LogP contribution is 2.13. The third kappa shape index (κ3) is 4.03. The first kappa shape index (κ1) is 13.4. The molecular formula is C12H18N2O3. The van der Waals surface area contributed by atoms with Crippen molar-refractivity contribution in [3.63, 3.8) is 0 Å². The van der Waals surface area contributed by atoms with Crippen LogP contribution in [-0.2, 0) is 4.74 Å². The minimum atomic E-state index is -0.502. The van der Waals surface area contributed by atoms with Crippen molar-refractivity contribution in [2.24, 2.45) is 0 Å². The lowest BCUT2D eigenvalue weighted by Crippen LogP contribution is -2.39. The molecule has 2 rings (SSSR count). The van der Waals surface area contributed by atoms with Gasteiger partial charge in [0.2, 0.25) is 0 Å². The van der Waals surface area contributed by atoms with E-state index in [1.54, 1.807) is 6.92 Å². The van der Waals surface area contributed by atoms with Crippen LogP contribution in [0.1, 0.15) is 29.5 Å². The molecule has 1 saturated heterocycles. The fourth-order valence-corrected chi connectivity index (χ4v) is 1.20. The number of carbonyl (C=O) groups excluding carboxylic acids is 1. The van der Waals surface area contributed by atoms with E-state index >= 15 is 0 Å². The number of esters is 1. The predicted octanol–water partition coefficient (Wildman–Crippen LogP) is 1.25. The minimum absolute atomic E-state index is 0.0719. The molecule has 5 heteroatoms. The van der Waals surface area contributed by atoms with Gasteiger partial charge in [0.05, 0.1) is 12.8 Å². The molecule has 2 heterocycles. The molecule has 0 saturated carbocycles. The topological polar surface area (TPSA) is 71.5 Å². The van der Waals surface area contributed by atoms with Crippen LogP contribution in [0.5, 0.6) is 5.75 Å². The molecule has 1 aromatic heterocycles. The van der Waals surface area contributed by atoms with Gasteiger partial charge in [0, 0.05) is 6.04 Å². The molecule has 1 aliphatic heterocycles. The second kappa shape index (κ2) is 6.20. The van der Waals surface area contributed by atoms with Crippen LogP contribution >= 0.6 is 0 Å². The molecule has 0 amide bonds. The van der Waals surface area contributed by atoms with Crippen LogP contribution in [-0.4, -0.2) is 35.8 Å². The zero-order valence-electron chi connectivity index (χ0n) is 10.4. The Morgan fingerprint density at radius 3 is 2.53 bits per heavy atom. The molecule has 1 aliphatic rings. The van der Waals surface area contributed by atoms with Gasteiger partial charge in [-0.15, -0.1) is 0 Å². The smallest absolute Gasteiger partial charge is 0.356 e. The first-order valence-corrected chi connectivity index (χ1v) is 5.53. The highest BCUT2D eigenvalue weighted by Gasteiger charge is 2.08. The van der Waals surface area contributed by atoms with E-state index in [0.717, 1.165) is 6.04 Å². The predicted molar refractivity (Wildman–Crippen MR) is 64.1 cm³/mol. The van der Waals surface area contributed by atoms with Crippen molar-refractivity contribution in [2.75, 3.05) is 13.7 Å². The third-order valence-corrected chi connectivity index (χ3v) is 2.52. The fourth-order valence-electron chi connectivity index (χ4n) is 1.20. The van der Waals surface area contributed by atoms with Gasteiger partial charge in [0.25, 0.3) is 0 Å². The van der Waals surface area contributed by atoms with Gasteiger partial charge in [-0.2, -0.15) is 0 Å². The number of aromatic hydroxyl groups is 1. The normalized spacial score (nSPS) is 17.5. The first-order valence-electron chi connectivity index (χ1n) is 5.53. The van der Waals surface area contributed by atoms with Gasteiger partial charge in [-0.05, 0) is 38.9 Å². The van der Waals surface area contributed by atoms with E-state index in [9.17, 15) is 4.79 Å². The highest BCUT2D eigenvalue weighted by atomic mass is 16.5. The summed E-state index contributed by atoms with van der Waals surface area (Å²) in [5.41, 5.74) is 0.616. The molecule has 0 radical (unpaired) electrons. The summed E-state index contributed by atoms with van der Waals surface area (Å²) in [5, 5.41) is 12.3. The maximum absolute atomic E-state index is 10.9. The molecule has 0 aliphatic carbocycles. The second-order valence-electron chi connectivity index (χ2n) is 3.94. The zero-order chi connectivity index (χ0) is 12.8. The van der Waals surface area contributed by atoms with Crippen molar-refractivity contribution in [3.05, 3.63) is 23.5 Å². The van der Waals surface area contributed by atoms with Gasteiger partial charge in [-0.3, -0.25) is 0 Å². The molecule has 94 valence electrons.